The molecule has 1 aromatic heterocycles. The van der Waals surface area contributed by atoms with Crippen molar-refractivity contribution in [2.45, 2.75) is 33.1 Å². The highest BCUT2D eigenvalue weighted by atomic mass is 15.1. The van der Waals surface area contributed by atoms with Crippen LogP contribution in [0.25, 0.3) is 0 Å². The summed E-state index contributed by atoms with van der Waals surface area (Å²) in [5.74, 6) is 0. The maximum atomic E-state index is 4.06. The van der Waals surface area contributed by atoms with Crippen LogP contribution in [0.5, 0.6) is 0 Å². The van der Waals surface area contributed by atoms with Gasteiger partial charge in [0.05, 0.1) is 0 Å². The van der Waals surface area contributed by atoms with E-state index in [1.165, 1.54) is 16.8 Å². The van der Waals surface area contributed by atoms with E-state index < -0.39 is 0 Å². The Balaban J connectivity index is 2.13. The minimum Gasteiger partial charge on any atom is -0.328 e. The zero-order chi connectivity index (χ0) is 12.8. The molecular formula is C16H20N2. The minimum absolute atomic E-state index is 0.941. The van der Waals surface area contributed by atoms with E-state index in [0.717, 1.165) is 19.3 Å². The molecule has 2 heterocycles. The summed E-state index contributed by atoms with van der Waals surface area (Å²) in [6, 6.07) is 4.14. The first-order valence-electron chi connectivity index (χ1n) is 6.52. The highest BCUT2D eigenvalue weighted by molar-refractivity contribution is 5.25. The summed E-state index contributed by atoms with van der Waals surface area (Å²) in [7, 11) is 0. The van der Waals surface area contributed by atoms with Crippen molar-refractivity contribution >= 4 is 0 Å². The average molecular weight is 240 g/mol. The van der Waals surface area contributed by atoms with Gasteiger partial charge < -0.3 is 4.90 Å². The molecule has 0 aliphatic carbocycles. The molecule has 0 radical (unpaired) electrons. The smallest absolute Gasteiger partial charge is 0.0270 e. The highest BCUT2D eigenvalue weighted by Crippen LogP contribution is 2.21. The summed E-state index contributed by atoms with van der Waals surface area (Å²) in [6.45, 7) is 4.31. The molecule has 2 nitrogen and oxygen atoms in total. The number of hydrogen-bond acceptors (Lipinski definition) is 2. The van der Waals surface area contributed by atoms with Crippen molar-refractivity contribution in [3.8, 4) is 0 Å². The van der Waals surface area contributed by atoms with Crippen molar-refractivity contribution in [1.29, 1.82) is 0 Å². The van der Waals surface area contributed by atoms with Crippen LogP contribution >= 0.6 is 0 Å². The van der Waals surface area contributed by atoms with Crippen molar-refractivity contribution in [1.82, 2.24) is 9.88 Å². The fourth-order valence-corrected chi connectivity index (χ4v) is 2.08. The molecule has 0 saturated heterocycles. The summed E-state index contributed by atoms with van der Waals surface area (Å²) in [5.41, 5.74) is 4.08. The second-order valence-electron chi connectivity index (χ2n) is 4.45. The van der Waals surface area contributed by atoms with Crippen LogP contribution in [0.2, 0.25) is 0 Å². The molecule has 0 saturated carbocycles. The van der Waals surface area contributed by atoms with Gasteiger partial charge in [-0.05, 0) is 37.5 Å². The molecule has 1 aliphatic heterocycles. The van der Waals surface area contributed by atoms with Crippen molar-refractivity contribution < 1.29 is 0 Å². The molecule has 2 heteroatoms. The lowest BCUT2D eigenvalue weighted by Gasteiger charge is -2.24. The number of nitrogens with zero attached hydrogens (tertiary/aromatic N) is 2. The molecule has 1 aromatic rings. The Labute approximate surface area is 109 Å². The first-order chi connectivity index (χ1) is 8.83. The molecule has 0 atom stereocenters. The second kappa shape index (κ2) is 6.20. The quantitative estimate of drug-likeness (QED) is 0.789. The SMILES string of the molecule is C/C=C(/Cc1ccncc1)N1C=CCC(CC)=C1. The van der Waals surface area contributed by atoms with Gasteiger partial charge in [-0.3, -0.25) is 4.98 Å². The fourth-order valence-electron chi connectivity index (χ4n) is 2.08. The van der Waals surface area contributed by atoms with Crippen molar-refractivity contribution in [3.05, 3.63) is 65.9 Å². The monoisotopic (exact) mass is 240 g/mol. The summed E-state index contributed by atoms with van der Waals surface area (Å²) in [6.07, 6.45) is 15.7. The van der Waals surface area contributed by atoms with Gasteiger partial charge in [0.2, 0.25) is 0 Å². The second-order valence-corrected chi connectivity index (χ2v) is 4.45. The molecule has 2 rings (SSSR count). The highest BCUT2D eigenvalue weighted by Gasteiger charge is 2.08. The Morgan fingerprint density at radius 1 is 1.39 bits per heavy atom. The third-order valence-electron chi connectivity index (χ3n) is 3.22. The number of hydrogen-bond donors (Lipinski definition) is 0. The molecule has 1 aliphatic rings. The lowest BCUT2D eigenvalue weighted by molar-refractivity contribution is 0.582. The van der Waals surface area contributed by atoms with Crippen LogP contribution in [0.1, 0.15) is 32.3 Å². The fraction of sp³-hybridized carbons (Fsp3) is 0.312. The van der Waals surface area contributed by atoms with Crippen LogP contribution in [0.4, 0.5) is 0 Å². The van der Waals surface area contributed by atoms with Crippen molar-refractivity contribution in [3.63, 3.8) is 0 Å². The van der Waals surface area contributed by atoms with E-state index in [1.807, 2.05) is 12.4 Å². The molecule has 18 heavy (non-hydrogen) atoms. The minimum atomic E-state index is 0.941. The Hall–Kier alpha value is -1.83. The molecular weight excluding hydrogens is 220 g/mol. The predicted octanol–water partition coefficient (Wildman–Crippen LogP) is 4.04. The number of pyridine rings is 1. The molecule has 0 aromatic carbocycles. The van der Waals surface area contributed by atoms with Crippen molar-refractivity contribution in [2.24, 2.45) is 0 Å². The Bertz CT molecular complexity index is 469. The summed E-state index contributed by atoms with van der Waals surface area (Å²) >= 11 is 0. The van der Waals surface area contributed by atoms with E-state index in [1.54, 1.807) is 0 Å². The van der Waals surface area contributed by atoms with Gasteiger partial charge in [-0.2, -0.15) is 0 Å². The zero-order valence-corrected chi connectivity index (χ0v) is 11.1. The first-order valence-corrected chi connectivity index (χ1v) is 6.52. The molecule has 0 fully saturated rings. The van der Waals surface area contributed by atoms with Crippen LogP contribution in [0.15, 0.2) is 60.3 Å². The van der Waals surface area contributed by atoms with Crippen LogP contribution in [0, 0.1) is 0 Å². The van der Waals surface area contributed by atoms with Crippen LogP contribution < -0.4 is 0 Å². The normalized spacial score (nSPS) is 15.8. The number of rotatable bonds is 4. The Kier molecular flexibility index (Phi) is 4.35. The Morgan fingerprint density at radius 3 is 2.83 bits per heavy atom. The van der Waals surface area contributed by atoms with Crippen molar-refractivity contribution in [2.75, 3.05) is 0 Å². The van der Waals surface area contributed by atoms with Gasteiger partial charge in [-0.1, -0.05) is 24.6 Å². The number of allylic oxidation sites excluding steroid dienone is 4. The summed E-state index contributed by atoms with van der Waals surface area (Å²) in [5, 5.41) is 0. The van der Waals surface area contributed by atoms with Crippen LogP contribution in [-0.2, 0) is 6.42 Å². The van der Waals surface area contributed by atoms with Gasteiger partial charge in [0.15, 0.2) is 0 Å². The van der Waals surface area contributed by atoms with E-state index in [9.17, 15) is 0 Å². The number of aromatic nitrogens is 1. The van der Waals surface area contributed by atoms with Crippen LogP contribution in [-0.4, -0.2) is 9.88 Å². The largest absolute Gasteiger partial charge is 0.328 e. The van der Waals surface area contributed by atoms with E-state index in [2.05, 4.69) is 60.4 Å². The van der Waals surface area contributed by atoms with Gasteiger partial charge >= 0.3 is 0 Å². The molecule has 94 valence electrons. The van der Waals surface area contributed by atoms with Gasteiger partial charge in [-0.15, -0.1) is 0 Å². The molecule has 0 bridgehead atoms. The topological polar surface area (TPSA) is 16.1 Å². The maximum absolute atomic E-state index is 4.06. The first kappa shape index (κ1) is 12.6. The molecule has 0 N–H and O–H groups in total. The molecule has 0 spiro atoms. The average Bonchev–Trinajstić information content (AvgIpc) is 2.46. The third-order valence-corrected chi connectivity index (χ3v) is 3.22. The molecule has 0 unspecified atom stereocenters. The van der Waals surface area contributed by atoms with Gasteiger partial charge in [0, 0.05) is 36.9 Å². The van der Waals surface area contributed by atoms with E-state index in [-0.39, 0.29) is 0 Å². The Morgan fingerprint density at radius 2 is 2.17 bits per heavy atom. The van der Waals surface area contributed by atoms with E-state index in [4.69, 9.17) is 0 Å². The lowest BCUT2D eigenvalue weighted by Crippen LogP contribution is -2.14. The third kappa shape index (κ3) is 3.10. The standard InChI is InChI=1S/C16H20N2/c1-3-14-6-5-11-18(13-14)16(4-2)12-15-7-9-17-10-8-15/h4-5,7-11,13H,3,6,12H2,1-2H3/b16-4-. The maximum Gasteiger partial charge on any atom is 0.0270 e. The zero-order valence-electron chi connectivity index (χ0n) is 11.1. The predicted molar refractivity (Wildman–Crippen MR) is 75.7 cm³/mol. The molecule has 0 amide bonds. The van der Waals surface area contributed by atoms with Gasteiger partial charge in [-0.25, -0.2) is 0 Å². The van der Waals surface area contributed by atoms with Gasteiger partial charge in [0.1, 0.15) is 0 Å². The van der Waals surface area contributed by atoms with Gasteiger partial charge in [0.25, 0.3) is 0 Å². The van der Waals surface area contributed by atoms with E-state index in [0.29, 0.717) is 0 Å². The van der Waals surface area contributed by atoms with Crippen LogP contribution in [0.3, 0.4) is 0 Å². The summed E-state index contributed by atoms with van der Waals surface area (Å²) < 4.78 is 0. The summed E-state index contributed by atoms with van der Waals surface area (Å²) in [4.78, 5) is 6.30. The lowest BCUT2D eigenvalue weighted by atomic mass is 10.1. The van der Waals surface area contributed by atoms with E-state index >= 15 is 0 Å².